The summed E-state index contributed by atoms with van der Waals surface area (Å²) in [6.45, 7) is 0. The van der Waals surface area contributed by atoms with Crippen LogP contribution in [0.15, 0.2) is 162 Å². The first-order chi connectivity index (χ1) is 21.3. The molecule has 2 heterocycles. The molecule has 5 aromatic rings. The van der Waals surface area contributed by atoms with E-state index in [9.17, 15) is 0 Å². The largest absolute Gasteiger partial charge is 0.364 e. The minimum Gasteiger partial charge on any atom is -0.364 e. The van der Waals surface area contributed by atoms with Crippen LogP contribution in [0.25, 0.3) is 0 Å². The fourth-order valence-corrected chi connectivity index (χ4v) is 8.31. The fourth-order valence-electron chi connectivity index (χ4n) is 6.17. The summed E-state index contributed by atoms with van der Waals surface area (Å²) in [5.74, 6) is 2.16. The molecule has 0 fully saturated rings. The zero-order valence-electron chi connectivity index (χ0n) is 24.0. The first kappa shape index (κ1) is 27.3. The van der Waals surface area contributed by atoms with Crippen LogP contribution in [0, 0.1) is 0 Å². The molecule has 0 aliphatic carbocycles. The summed E-state index contributed by atoms with van der Waals surface area (Å²) in [4.78, 5) is 10.7. The lowest BCUT2D eigenvalue weighted by Gasteiger charge is -2.22. The summed E-state index contributed by atoms with van der Waals surface area (Å²) in [7, 11) is -0.616. The van der Waals surface area contributed by atoms with E-state index < -0.39 is 7.92 Å². The summed E-state index contributed by atoms with van der Waals surface area (Å²) in [6, 6.07) is 54.0. The van der Waals surface area contributed by atoms with Gasteiger partial charge in [0.2, 0.25) is 0 Å². The molecule has 212 valence electrons. The fraction of sp³-hybridized carbons (Fsp3) is 0.158. The third-order valence-electron chi connectivity index (χ3n) is 8.27. The van der Waals surface area contributed by atoms with Crippen LogP contribution in [-0.4, -0.2) is 24.0 Å². The van der Waals surface area contributed by atoms with Crippen molar-refractivity contribution in [3.05, 3.63) is 174 Å². The Morgan fingerprint density at radius 3 is 1.12 bits per heavy atom. The van der Waals surface area contributed by atoms with Gasteiger partial charge in [0.15, 0.2) is 0 Å². The van der Waals surface area contributed by atoms with Crippen LogP contribution in [0.4, 0.5) is 0 Å². The maximum atomic E-state index is 5.34. The molecule has 0 amide bonds. The lowest BCUT2D eigenvalue weighted by atomic mass is 9.95. The number of hydrogen-bond acceptors (Lipinski definition) is 4. The van der Waals surface area contributed by atoms with Crippen LogP contribution >= 0.6 is 7.92 Å². The van der Waals surface area contributed by atoms with Crippen LogP contribution < -0.4 is 15.9 Å². The second kappa shape index (κ2) is 12.8. The highest BCUT2D eigenvalue weighted by Crippen LogP contribution is 2.43. The molecule has 0 bridgehead atoms. The lowest BCUT2D eigenvalue weighted by Crippen LogP contribution is -2.30. The van der Waals surface area contributed by atoms with Crippen LogP contribution in [0.3, 0.4) is 0 Å². The average Bonchev–Trinajstić information content (AvgIpc) is 3.71. The number of nitrogens with zero attached hydrogens (tertiary/aromatic N) is 2. The van der Waals surface area contributed by atoms with E-state index >= 15 is 0 Å². The summed E-state index contributed by atoms with van der Waals surface area (Å²) in [6.07, 6.45) is 1.75. The molecule has 5 heteroatoms. The van der Waals surface area contributed by atoms with Gasteiger partial charge in [-0.3, -0.25) is 9.98 Å². The number of benzene rings is 5. The van der Waals surface area contributed by atoms with Crippen molar-refractivity contribution in [1.29, 1.82) is 0 Å². The minimum absolute atomic E-state index is 0.0399. The Kier molecular flexibility index (Phi) is 8.11. The highest BCUT2D eigenvalue weighted by atomic mass is 31.1. The first-order valence-corrected chi connectivity index (χ1v) is 16.7. The SMILES string of the molecule is c1ccc([C@H]2N=C(CP(CC3=N[C@@H](c4ccccc4)[C@@H](c4ccccc4)N3)c3ccccc3)N[C@H]2c2ccccc2)cc1. The molecule has 1 unspecified atom stereocenters. The number of hydrogen-bond donors (Lipinski definition) is 2. The summed E-state index contributed by atoms with van der Waals surface area (Å²) in [5, 5.41) is 9.08. The van der Waals surface area contributed by atoms with E-state index in [1.54, 1.807) is 0 Å². The predicted octanol–water partition coefficient (Wildman–Crippen LogP) is 7.76. The average molecular weight is 579 g/mol. The molecule has 2 N–H and O–H groups in total. The number of amidine groups is 2. The Hall–Kier alpha value is -4.53. The van der Waals surface area contributed by atoms with Crippen LogP contribution in [-0.2, 0) is 0 Å². The first-order valence-electron chi connectivity index (χ1n) is 15.0. The van der Waals surface area contributed by atoms with Crippen LogP contribution in [0.1, 0.15) is 46.4 Å². The van der Waals surface area contributed by atoms with E-state index in [2.05, 4.69) is 162 Å². The Balaban J connectivity index is 1.19. The van der Waals surface area contributed by atoms with Crippen molar-refractivity contribution in [2.75, 3.05) is 12.3 Å². The highest BCUT2D eigenvalue weighted by molar-refractivity contribution is 7.67. The van der Waals surface area contributed by atoms with Gasteiger partial charge in [-0.2, -0.15) is 0 Å². The monoisotopic (exact) mass is 578 g/mol. The molecule has 43 heavy (non-hydrogen) atoms. The van der Waals surface area contributed by atoms with Gasteiger partial charge in [0, 0.05) is 12.3 Å². The van der Waals surface area contributed by atoms with Crippen molar-refractivity contribution in [2.24, 2.45) is 9.98 Å². The van der Waals surface area contributed by atoms with E-state index in [1.807, 2.05) is 0 Å². The minimum atomic E-state index is -0.616. The Bertz CT molecular complexity index is 1570. The quantitative estimate of drug-likeness (QED) is 0.176. The molecular weight excluding hydrogens is 543 g/mol. The normalized spacial score (nSPS) is 21.8. The van der Waals surface area contributed by atoms with Crippen molar-refractivity contribution in [3.63, 3.8) is 0 Å². The van der Waals surface area contributed by atoms with E-state index in [1.165, 1.54) is 27.6 Å². The maximum absolute atomic E-state index is 5.34. The van der Waals surface area contributed by atoms with Crippen LogP contribution in [0.5, 0.6) is 0 Å². The van der Waals surface area contributed by atoms with Crippen molar-refractivity contribution in [1.82, 2.24) is 10.6 Å². The van der Waals surface area contributed by atoms with Gasteiger partial charge in [-0.05, 0) is 27.6 Å². The van der Waals surface area contributed by atoms with Gasteiger partial charge in [0.05, 0.1) is 12.1 Å². The Labute approximate surface area is 255 Å². The van der Waals surface area contributed by atoms with Gasteiger partial charge in [-0.25, -0.2) is 0 Å². The summed E-state index contributed by atoms with van der Waals surface area (Å²) in [5.41, 5.74) is 5.00. The summed E-state index contributed by atoms with van der Waals surface area (Å²) < 4.78 is 0. The lowest BCUT2D eigenvalue weighted by molar-refractivity contribution is 0.572. The van der Waals surface area contributed by atoms with Crippen molar-refractivity contribution in [2.45, 2.75) is 24.2 Å². The van der Waals surface area contributed by atoms with E-state index in [-0.39, 0.29) is 24.2 Å². The molecule has 5 aromatic carbocycles. The number of rotatable bonds is 9. The molecule has 5 atom stereocenters. The number of nitrogens with one attached hydrogen (secondary N) is 2. The third-order valence-corrected chi connectivity index (χ3v) is 10.7. The molecule has 7 rings (SSSR count). The molecular formula is C38H35N4P. The third kappa shape index (κ3) is 6.16. The maximum Gasteiger partial charge on any atom is 0.102 e. The number of aliphatic imine (C=N–C) groups is 2. The van der Waals surface area contributed by atoms with Gasteiger partial charge in [0.25, 0.3) is 0 Å². The van der Waals surface area contributed by atoms with Crippen LogP contribution in [0.2, 0.25) is 0 Å². The predicted molar refractivity (Wildman–Crippen MR) is 181 cm³/mol. The second-order valence-electron chi connectivity index (χ2n) is 11.1. The van der Waals surface area contributed by atoms with Crippen molar-refractivity contribution < 1.29 is 0 Å². The highest BCUT2D eigenvalue weighted by Gasteiger charge is 2.35. The van der Waals surface area contributed by atoms with Gasteiger partial charge in [-0.1, -0.05) is 160 Å². The topological polar surface area (TPSA) is 48.8 Å². The summed E-state index contributed by atoms with van der Waals surface area (Å²) >= 11 is 0. The molecule has 0 saturated heterocycles. The molecule has 0 spiro atoms. The molecule has 0 aromatic heterocycles. The van der Waals surface area contributed by atoms with Gasteiger partial charge in [-0.15, -0.1) is 0 Å². The van der Waals surface area contributed by atoms with Gasteiger partial charge >= 0.3 is 0 Å². The standard InChI is InChI=1S/C38H35N4P/c1-6-16-28(17-7-1)35-36(29-18-8-2-9-19-29)40-33(39-35)26-43(32-24-14-5-15-25-32)27-34-41-37(30-20-10-3-11-21-30)38(42-34)31-22-12-4-13-23-31/h1-25,35-38H,26-27H2,(H,39,40)(H,41,42)/t35-,36+,37-,38+. The van der Waals surface area contributed by atoms with Gasteiger partial charge < -0.3 is 10.6 Å². The second-order valence-corrected chi connectivity index (χ2v) is 13.3. The van der Waals surface area contributed by atoms with E-state index in [4.69, 9.17) is 9.98 Å². The zero-order valence-corrected chi connectivity index (χ0v) is 24.9. The van der Waals surface area contributed by atoms with Crippen molar-refractivity contribution in [3.8, 4) is 0 Å². The molecule has 2 aliphatic heterocycles. The van der Waals surface area contributed by atoms with Gasteiger partial charge in [0.1, 0.15) is 23.8 Å². The van der Waals surface area contributed by atoms with E-state index in [0.29, 0.717) is 0 Å². The Morgan fingerprint density at radius 1 is 0.419 bits per heavy atom. The zero-order chi connectivity index (χ0) is 28.8. The van der Waals surface area contributed by atoms with Crippen molar-refractivity contribution >= 4 is 24.9 Å². The molecule has 4 nitrogen and oxygen atoms in total. The molecule has 0 saturated carbocycles. The molecule has 0 radical (unpaired) electrons. The molecule has 2 aliphatic rings. The smallest absolute Gasteiger partial charge is 0.102 e. The Morgan fingerprint density at radius 2 is 0.744 bits per heavy atom. The van der Waals surface area contributed by atoms with E-state index in [0.717, 1.165) is 24.0 Å².